The number of anilines is 1. The van der Waals surface area contributed by atoms with Gasteiger partial charge in [-0.2, -0.15) is 8.42 Å². The Morgan fingerprint density at radius 2 is 1.69 bits per heavy atom. The molecular formula is C6H6NNaO3S2. The number of nitrogens with two attached hydrogens (primary N) is 1. The molecule has 0 atom stereocenters. The van der Waals surface area contributed by atoms with Gasteiger partial charge < -0.3 is 22.3 Å². The molecule has 0 saturated carbocycles. The van der Waals surface area contributed by atoms with Crippen molar-refractivity contribution in [3.8, 4) is 0 Å². The zero-order valence-corrected chi connectivity index (χ0v) is 10.6. The molecule has 0 aliphatic rings. The van der Waals surface area contributed by atoms with Crippen LogP contribution in [-0.2, 0) is 26.7 Å². The van der Waals surface area contributed by atoms with E-state index in [1.165, 1.54) is 24.3 Å². The van der Waals surface area contributed by atoms with Crippen molar-refractivity contribution in [2.45, 2.75) is 4.90 Å². The summed E-state index contributed by atoms with van der Waals surface area (Å²) in [6, 6.07) is 5.58. The Morgan fingerprint density at radius 1 is 1.23 bits per heavy atom. The number of hydrogen-bond donors (Lipinski definition) is 1. The van der Waals surface area contributed by atoms with Crippen molar-refractivity contribution >= 4 is 28.7 Å². The normalized spacial score (nSPS) is 10.5. The summed E-state index contributed by atoms with van der Waals surface area (Å²) < 4.78 is 25.8. The molecule has 1 rings (SSSR count). The maximum Gasteiger partial charge on any atom is 1.00 e. The fourth-order valence-corrected chi connectivity index (χ4v) is 1.46. The van der Waals surface area contributed by atoms with E-state index in [-0.39, 0.29) is 34.5 Å². The molecule has 1 aromatic carbocycles. The zero-order chi connectivity index (χ0) is 9.19. The maximum absolute atomic E-state index is 10.9. The van der Waals surface area contributed by atoms with Gasteiger partial charge in [-0.05, 0) is 24.3 Å². The quantitative estimate of drug-likeness (QED) is 0.342. The van der Waals surface area contributed by atoms with Crippen molar-refractivity contribution in [1.82, 2.24) is 0 Å². The monoisotopic (exact) mass is 227 g/mol. The summed E-state index contributed by atoms with van der Waals surface area (Å²) >= 11 is 3.98. The van der Waals surface area contributed by atoms with E-state index in [0.29, 0.717) is 5.69 Å². The van der Waals surface area contributed by atoms with Crippen LogP contribution in [0.5, 0.6) is 0 Å². The van der Waals surface area contributed by atoms with Crippen molar-refractivity contribution in [3.05, 3.63) is 24.3 Å². The second-order valence-corrected chi connectivity index (χ2v) is 4.02. The Labute approximate surface area is 104 Å². The van der Waals surface area contributed by atoms with Gasteiger partial charge in [0.25, 0.3) is 10.1 Å². The fourth-order valence-electron chi connectivity index (χ4n) is 0.674. The number of benzene rings is 1. The van der Waals surface area contributed by atoms with Gasteiger partial charge in [0.1, 0.15) is 0 Å². The molecule has 0 aromatic heterocycles. The third-order valence-electron chi connectivity index (χ3n) is 1.26. The molecule has 0 radical (unpaired) electrons. The van der Waals surface area contributed by atoms with Crippen molar-refractivity contribution in [2.75, 3.05) is 5.73 Å². The molecule has 0 spiro atoms. The first-order valence-electron chi connectivity index (χ1n) is 2.98. The Hall–Kier alpha value is 0.280. The first kappa shape index (κ1) is 13.3. The second-order valence-electron chi connectivity index (χ2n) is 2.09. The van der Waals surface area contributed by atoms with E-state index in [4.69, 9.17) is 5.73 Å². The van der Waals surface area contributed by atoms with Gasteiger partial charge in [0.2, 0.25) is 0 Å². The van der Waals surface area contributed by atoms with E-state index in [2.05, 4.69) is 16.5 Å². The van der Waals surface area contributed by atoms with E-state index in [0.717, 1.165) is 0 Å². The van der Waals surface area contributed by atoms with Gasteiger partial charge in [-0.1, -0.05) is 0 Å². The molecule has 0 bridgehead atoms. The summed E-state index contributed by atoms with van der Waals surface area (Å²) in [5, 5.41) is 0. The van der Waals surface area contributed by atoms with E-state index in [9.17, 15) is 8.42 Å². The molecule has 0 aliphatic carbocycles. The summed E-state index contributed by atoms with van der Waals surface area (Å²) in [5.41, 5.74) is 5.83. The SMILES string of the molecule is Nc1ccc(S(=O)(=O)O[S-])cc1.[Na+]. The molecule has 0 fully saturated rings. The van der Waals surface area contributed by atoms with Crippen LogP contribution in [0.4, 0.5) is 5.69 Å². The first-order chi connectivity index (χ1) is 5.56. The standard InChI is InChI=1S/C6H7NO3S2.Na/c7-5-1-3-6(4-2-5)12(8,9)10-11;/h1-4,11H,7H2;/q;+1/p-1. The molecule has 66 valence electrons. The molecule has 0 saturated heterocycles. The molecule has 0 heterocycles. The van der Waals surface area contributed by atoms with E-state index in [1.54, 1.807) is 0 Å². The van der Waals surface area contributed by atoms with Crippen LogP contribution in [-0.4, -0.2) is 8.42 Å². The van der Waals surface area contributed by atoms with Crippen LogP contribution < -0.4 is 35.3 Å². The first-order valence-corrected chi connectivity index (χ1v) is 4.72. The Morgan fingerprint density at radius 3 is 2.08 bits per heavy atom. The van der Waals surface area contributed by atoms with Crippen LogP contribution >= 0.6 is 0 Å². The topological polar surface area (TPSA) is 69.4 Å². The van der Waals surface area contributed by atoms with Gasteiger partial charge in [0.15, 0.2) is 0 Å². The van der Waals surface area contributed by atoms with Gasteiger partial charge in [-0.15, -0.1) is 0 Å². The van der Waals surface area contributed by atoms with E-state index >= 15 is 0 Å². The summed E-state index contributed by atoms with van der Waals surface area (Å²) in [5.74, 6) is 0. The second kappa shape index (κ2) is 5.23. The summed E-state index contributed by atoms with van der Waals surface area (Å²) in [4.78, 5) is 0.00620. The van der Waals surface area contributed by atoms with Crippen molar-refractivity contribution < 1.29 is 41.6 Å². The Balaban J connectivity index is 0.00000144. The zero-order valence-electron chi connectivity index (χ0n) is 6.93. The van der Waals surface area contributed by atoms with E-state index < -0.39 is 10.1 Å². The minimum atomic E-state index is -3.76. The average Bonchev–Trinajstić information content (AvgIpc) is 2.05. The molecule has 1 aromatic rings. The molecule has 0 unspecified atom stereocenters. The van der Waals surface area contributed by atoms with Gasteiger partial charge in [0, 0.05) is 5.69 Å². The Kier molecular flexibility index (Phi) is 5.35. The van der Waals surface area contributed by atoms with E-state index in [1.807, 2.05) is 0 Å². The largest absolute Gasteiger partial charge is 1.00 e. The van der Waals surface area contributed by atoms with Gasteiger partial charge >= 0.3 is 29.6 Å². The number of rotatable bonds is 2. The summed E-state index contributed by atoms with van der Waals surface area (Å²) in [7, 11) is -3.76. The van der Waals surface area contributed by atoms with Gasteiger partial charge in [-0.25, -0.2) is 0 Å². The Bertz CT molecular complexity index is 362. The smallest absolute Gasteiger partial charge is 0.602 e. The maximum atomic E-state index is 10.9. The fraction of sp³-hybridized carbons (Fsp3) is 0. The number of hydrogen-bond acceptors (Lipinski definition) is 5. The van der Waals surface area contributed by atoms with Gasteiger partial charge in [0.05, 0.1) is 4.90 Å². The van der Waals surface area contributed by atoms with Crippen molar-refractivity contribution in [1.29, 1.82) is 0 Å². The molecule has 4 nitrogen and oxygen atoms in total. The van der Waals surface area contributed by atoms with Crippen LogP contribution in [0.3, 0.4) is 0 Å². The predicted molar refractivity (Wildman–Crippen MR) is 46.5 cm³/mol. The van der Waals surface area contributed by atoms with Gasteiger partial charge in [-0.3, -0.25) is 0 Å². The predicted octanol–water partition coefficient (Wildman–Crippen LogP) is -2.56. The molecule has 0 amide bonds. The average molecular weight is 227 g/mol. The summed E-state index contributed by atoms with van der Waals surface area (Å²) in [6.07, 6.45) is 0. The van der Waals surface area contributed by atoms with Crippen molar-refractivity contribution in [2.24, 2.45) is 0 Å². The number of nitrogen functional groups attached to an aromatic ring is 1. The third-order valence-corrected chi connectivity index (χ3v) is 2.82. The van der Waals surface area contributed by atoms with Crippen LogP contribution in [0.25, 0.3) is 0 Å². The molecule has 0 aliphatic heterocycles. The molecule has 2 N–H and O–H groups in total. The van der Waals surface area contributed by atoms with Crippen LogP contribution in [0.15, 0.2) is 29.2 Å². The van der Waals surface area contributed by atoms with Crippen molar-refractivity contribution in [3.63, 3.8) is 0 Å². The molecular weight excluding hydrogens is 221 g/mol. The summed E-state index contributed by atoms with van der Waals surface area (Å²) in [6.45, 7) is 0. The van der Waals surface area contributed by atoms with Crippen LogP contribution in [0.1, 0.15) is 0 Å². The van der Waals surface area contributed by atoms with Crippen LogP contribution in [0, 0.1) is 0 Å². The minimum Gasteiger partial charge on any atom is -0.602 e. The third kappa shape index (κ3) is 3.49. The minimum absolute atomic E-state index is 0. The van der Waals surface area contributed by atoms with Crippen LogP contribution in [0.2, 0.25) is 0 Å². The molecule has 7 heteroatoms. The molecule has 13 heavy (non-hydrogen) atoms.